The van der Waals surface area contributed by atoms with Crippen LogP contribution in [0.25, 0.3) is 0 Å². The first kappa shape index (κ1) is 12.9. The Morgan fingerprint density at radius 3 is 2.81 bits per heavy atom. The molecule has 0 fully saturated rings. The monoisotopic (exact) mass is 245 g/mol. The van der Waals surface area contributed by atoms with E-state index in [-0.39, 0.29) is 18.1 Å². The van der Waals surface area contributed by atoms with Gasteiger partial charge >= 0.3 is 5.97 Å². The van der Waals surface area contributed by atoms with Gasteiger partial charge < -0.3 is 5.11 Å². The first-order valence-corrected chi connectivity index (χ1v) is 5.29. The number of likely N-dealkylation sites (N-methyl/N-ethyl adjacent to an activating group) is 1. The molecule has 0 aliphatic carbocycles. The number of hydrogen-bond acceptors (Lipinski definition) is 2. The van der Waals surface area contributed by atoms with Gasteiger partial charge in [-0.25, -0.2) is 4.39 Å². The molecule has 0 radical (unpaired) electrons. The zero-order chi connectivity index (χ0) is 12.1. The molecule has 0 aliphatic rings. The second-order valence-electron chi connectivity index (χ2n) is 3.41. The zero-order valence-electron chi connectivity index (χ0n) is 8.91. The smallest absolute Gasteiger partial charge is 0.317 e. The van der Waals surface area contributed by atoms with Crippen LogP contribution in [0, 0.1) is 5.82 Å². The van der Waals surface area contributed by atoms with Crippen LogP contribution in [0.5, 0.6) is 0 Å². The van der Waals surface area contributed by atoms with Crippen LogP contribution in [0.15, 0.2) is 18.2 Å². The number of carboxylic acid groups (broad SMARTS) is 1. The van der Waals surface area contributed by atoms with Crippen molar-refractivity contribution < 1.29 is 14.3 Å². The lowest BCUT2D eigenvalue weighted by Gasteiger charge is -2.18. The van der Waals surface area contributed by atoms with Crippen LogP contribution in [0.2, 0.25) is 5.02 Å². The summed E-state index contributed by atoms with van der Waals surface area (Å²) >= 11 is 5.64. The third-order valence-electron chi connectivity index (χ3n) is 2.23. The highest BCUT2D eigenvalue weighted by atomic mass is 35.5. The number of halogens is 2. The highest BCUT2D eigenvalue weighted by Crippen LogP contribution is 2.19. The Morgan fingerprint density at radius 1 is 1.56 bits per heavy atom. The first-order valence-electron chi connectivity index (χ1n) is 4.91. The number of aliphatic carboxylic acids is 1. The maximum atomic E-state index is 13.5. The quantitative estimate of drug-likeness (QED) is 0.866. The Balaban J connectivity index is 2.77. The number of nitrogens with zero attached hydrogens (tertiary/aromatic N) is 1. The number of rotatable bonds is 5. The van der Waals surface area contributed by atoms with Gasteiger partial charge in [-0.2, -0.15) is 0 Å². The Hall–Kier alpha value is -1.13. The van der Waals surface area contributed by atoms with Gasteiger partial charge in [0.25, 0.3) is 0 Å². The molecule has 1 rings (SSSR count). The largest absolute Gasteiger partial charge is 0.480 e. The van der Waals surface area contributed by atoms with Crippen molar-refractivity contribution in [2.45, 2.75) is 13.5 Å². The molecule has 0 atom stereocenters. The van der Waals surface area contributed by atoms with Gasteiger partial charge in [-0.1, -0.05) is 30.7 Å². The van der Waals surface area contributed by atoms with E-state index in [1.807, 2.05) is 6.92 Å². The van der Waals surface area contributed by atoms with E-state index < -0.39 is 11.8 Å². The lowest BCUT2D eigenvalue weighted by molar-refractivity contribution is -0.138. The van der Waals surface area contributed by atoms with Gasteiger partial charge in [-0.3, -0.25) is 9.69 Å². The SMILES string of the molecule is CCN(CC(=O)O)Cc1cccc(Cl)c1F. The standard InChI is InChI=1S/C11H13ClFNO2/c1-2-14(7-10(15)16)6-8-4-3-5-9(12)11(8)13/h3-5H,2,6-7H2,1H3,(H,15,16). The normalized spacial score (nSPS) is 10.8. The summed E-state index contributed by atoms with van der Waals surface area (Å²) in [6, 6.07) is 4.72. The number of benzene rings is 1. The average Bonchev–Trinajstić information content (AvgIpc) is 2.23. The number of carbonyl (C=O) groups is 1. The third-order valence-corrected chi connectivity index (χ3v) is 2.52. The van der Waals surface area contributed by atoms with Crippen LogP contribution < -0.4 is 0 Å². The molecule has 0 unspecified atom stereocenters. The molecule has 1 aromatic rings. The van der Waals surface area contributed by atoms with Crippen molar-refractivity contribution in [3.63, 3.8) is 0 Å². The second kappa shape index (κ2) is 5.82. The van der Waals surface area contributed by atoms with E-state index in [1.165, 1.54) is 6.07 Å². The van der Waals surface area contributed by atoms with E-state index in [1.54, 1.807) is 17.0 Å². The summed E-state index contributed by atoms with van der Waals surface area (Å²) in [6.07, 6.45) is 0. The Labute approximate surface area is 98.4 Å². The van der Waals surface area contributed by atoms with Crippen LogP contribution in [0.1, 0.15) is 12.5 Å². The Bertz CT molecular complexity index is 384. The summed E-state index contributed by atoms with van der Waals surface area (Å²) in [5.74, 6) is -1.41. The molecule has 0 amide bonds. The molecule has 88 valence electrons. The molecule has 1 aromatic carbocycles. The summed E-state index contributed by atoms with van der Waals surface area (Å²) in [5, 5.41) is 8.71. The Kier molecular flexibility index (Phi) is 4.71. The van der Waals surface area contributed by atoms with E-state index >= 15 is 0 Å². The van der Waals surface area contributed by atoms with Crippen LogP contribution >= 0.6 is 11.6 Å². The van der Waals surface area contributed by atoms with Crippen LogP contribution in [0.4, 0.5) is 4.39 Å². The summed E-state index contributed by atoms with van der Waals surface area (Å²) < 4.78 is 13.5. The average molecular weight is 246 g/mol. The molecule has 3 nitrogen and oxygen atoms in total. The molecular formula is C11H13ClFNO2. The molecule has 0 saturated carbocycles. The Morgan fingerprint density at radius 2 is 2.25 bits per heavy atom. The minimum absolute atomic E-state index is 0.0591. The van der Waals surface area contributed by atoms with Crippen LogP contribution in [-0.2, 0) is 11.3 Å². The predicted octanol–water partition coefficient (Wildman–Crippen LogP) is 2.39. The molecule has 0 bridgehead atoms. The molecule has 0 heterocycles. The lowest BCUT2D eigenvalue weighted by Crippen LogP contribution is -2.29. The van der Waals surface area contributed by atoms with Gasteiger partial charge in [0.15, 0.2) is 0 Å². The van der Waals surface area contributed by atoms with E-state index in [9.17, 15) is 9.18 Å². The minimum Gasteiger partial charge on any atom is -0.480 e. The molecule has 0 spiro atoms. The van der Waals surface area contributed by atoms with E-state index in [0.717, 1.165) is 0 Å². The predicted molar refractivity (Wildman–Crippen MR) is 60.0 cm³/mol. The minimum atomic E-state index is -0.927. The van der Waals surface area contributed by atoms with Crippen LogP contribution in [0.3, 0.4) is 0 Å². The topological polar surface area (TPSA) is 40.5 Å². The van der Waals surface area contributed by atoms with Gasteiger partial charge in [-0.15, -0.1) is 0 Å². The van der Waals surface area contributed by atoms with Gasteiger partial charge in [0.05, 0.1) is 11.6 Å². The maximum absolute atomic E-state index is 13.5. The molecular weight excluding hydrogens is 233 g/mol. The summed E-state index contributed by atoms with van der Waals surface area (Å²) in [4.78, 5) is 12.2. The number of carboxylic acids is 1. The van der Waals surface area contributed by atoms with Crippen LogP contribution in [-0.4, -0.2) is 29.1 Å². The first-order chi connectivity index (χ1) is 7.54. The number of hydrogen-bond donors (Lipinski definition) is 1. The van der Waals surface area contributed by atoms with Gasteiger partial charge in [-0.05, 0) is 12.6 Å². The van der Waals surface area contributed by atoms with Gasteiger partial charge in [0.1, 0.15) is 5.82 Å². The van der Waals surface area contributed by atoms with E-state index in [2.05, 4.69) is 0 Å². The highest BCUT2D eigenvalue weighted by Gasteiger charge is 2.12. The second-order valence-corrected chi connectivity index (χ2v) is 3.82. The van der Waals surface area contributed by atoms with E-state index in [0.29, 0.717) is 12.1 Å². The van der Waals surface area contributed by atoms with Crippen molar-refractivity contribution in [1.82, 2.24) is 4.90 Å². The highest BCUT2D eigenvalue weighted by molar-refractivity contribution is 6.30. The van der Waals surface area contributed by atoms with Gasteiger partial charge in [0, 0.05) is 12.1 Å². The summed E-state index contributed by atoms with van der Waals surface area (Å²) in [7, 11) is 0. The van der Waals surface area contributed by atoms with Crippen molar-refractivity contribution in [2.75, 3.05) is 13.1 Å². The molecule has 5 heteroatoms. The van der Waals surface area contributed by atoms with E-state index in [4.69, 9.17) is 16.7 Å². The fourth-order valence-corrected chi connectivity index (χ4v) is 1.58. The van der Waals surface area contributed by atoms with Crippen molar-refractivity contribution in [3.05, 3.63) is 34.6 Å². The molecule has 0 saturated heterocycles. The van der Waals surface area contributed by atoms with Crippen molar-refractivity contribution in [2.24, 2.45) is 0 Å². The zero-order valence-corrected chi connectivity index (χ0v) is 9.67. The maximum Gasteiger partial charge on any atom is 0.317 e. The van der Waals surface area contributed by atoms with Crippen molar-refractivity contribution >= 4 is 17.6 Å². The van der Waals surface area contributed by atoms with Crippen molar-refractivity contribution in [1.29, 1.82) is 0 Å². The molecule has 0 aliphatic heterocycles. The summed E-state index contributed by atoms with van der Waals surface area (Å²) in [5.41, 5.74) is 0.413. The molecule has 1 N–H and O–H groups in total. The molecule has 0 aromatic heterocycles. The summed E-state index contributed by atoms with van der Waals surface area (Å²) in [6.45, 7) is 2.50. The third kappa shape index (κ3) is 3.47. The lowest BCUT2D eigenvalue weighted by atomic mass is 10.2. The fraction of sp³-hybridized carbons (Fsp3) is 0.364. The van der Waals surface area contributed by atoms with Gasteiger partial charge in [0.2, 0.25) is 0 Å². The fourth-order valence-electron chi connectivity index (χ4n) is 1.38. The van der Waals surface area contributed by atoms with Crippen molar-refractivity contribution in [3.8, 4) is 0 Å². The molecule has 16 heavy (non-hydrogen) atoms.